The van der Waals surface area contributed by atoms with E-state index >= 15 is 0 Å². The molecule has 0 saturated heterocycles. The number of carbonyl (C=O) groups is 2. The molecule has 28 heavy (non-hydrogen) atoms. The average Bonchev–Trinajstić information content (AvgIpc) is 2.67. The summed E-state index contributed by atoms with van der Waals surface area (Å²) in [5.74, 6) is -1.73. The number of hydrogen-bond donors (Lipinski definition) is 1. The van der Waals surface area contributed by atoms with E-state index in [-0.39, 0.29) is 22.8 Å². The van der Waals surface area contributed by atoms with Gasteiger partial charge in [0.25, 0.3) is 5.91 Å². The number of hydrogen-bond acceptors (Lipinski definition) is 5. The van der Waals surface area contributed by atoms with Crippen molar-refractivity contribution in [3.05, 3.63) is 65.5 Å². The molecule has 1 N–H and O–H groups in total. The highest BCUT2D eigenvalue weighted by atomic mass is 32.2. The molecule has 2 rings (SSSR count). The monoisotopic (exact) mass is 408 g/mol. The molecule has 0 saturated carbocycles. The topological polar surface area (TPSA) is 92.8 Å². The van der Waals surface area contributed by atoms with Gasteiger partial charge in [-0.3, -0.25) is 4.79 Å². The Hall–Kier alpha value is -2.78. The van der Waals surface area contributed by atoms with Gasteiger partial charge in [0.05, 0.1) is 10.5 Å². The van der Waals surface area contributed by atoms with E-state index in [2.05, 4.69) is 5.32 Å². The van der Waals surface area contributed by atoms with Crippen molar-refractivity contribution in [2.24, 2.45) is 0 Å². The minimum Gasteiger partial charge on any atom is -0.449 e. The standard InChI is InChI=1S/C19H21FN2O5S/c1-13(18(23)21-12-14-7-9-16(20)10-8-14)27-19(24)15-5-4-6-17(11-15)28(25,26)22(2)3/h4-11,13H,12H2,1-3H3,(H,21,23). The number of ether oxygens (including phenoxy) is 1. The van der Waals surface area contributed by atoms with Crippen molar-refractivity contribution in [3.8, 4) is 0 Å². The molecule has 7 nitrogen and oxygen atoms in total. The molecular formula is C19H21FN2O5S. The molecule has 0 radical (unpaired) electrons. The fourth-order valence-electron chi connectivity index (χ4n) is 2.21. The Kier molecular flexibility index (Phi) is 6.87. The lowest BCUT2D eigenvalue weighted by molar-refractivity contribution is -0.129. The van der Waals surface area contributed by atoms with Gasteiger partial charge in [0.15, 0.2) is 6.10 Å². The van der Waals surface area contributed by atoms with E-state index in [4.69, 9.17) is 4.74 Å². The molecule has 0 bridgehead atoms. The Morgan fingerprint density at radius 2 is 1.79 bits per heavy atom. The maximum atomic E-state index is 12.9. The molecule has 0 heterocycles. The number of rotatable bonds is 7. The van der Waals surface area contributed by atoms with E-state index in [1.54, 1.807) is 0 Å². The molecule has 150 valence electrons. The minimum atomic E-state index is -3.70. The van der Waals surface area contributed by atoms with Gasteiger partial charge in [-0.2, -0.15) is 0 Å². The van der Waals surface area contributed by atoms with Crippen LogP contribution < -0.4 is 5.32 Å². The van der Waals surface area contributed by atoms with Crippen molar-refractivity contribution < 1.29 is 27.1 Å². The summed E-state index contributed by atoms with van der Waals surface area (Å²) in [5, 5.41) is 2.58. The first-order valence-electron chi connectivity index (χ1n) is 8.37. The molecule has 0 aliphatic carbocycles. The predicted molar refractivity (Wildman–Crippen MR) is 100 cm³/mol. The van der Waals surface area contributed by atoms with Gasteiger partial charge in [-0.15, -0.1) is 0 Å². The van der Waals surface area contributed by atoms with Gasteiger partial charge >= 0.3 is 5.97 Å². The highest BCUT2D eigenvalue weighted by Crippen LogP contribution is 2.16. The van der Waals surface area contributed by atoms with Crippen LogP contribution in [0.2, 0.25) is 0 Å². The molecule has 1 atom stereocenters. The molecule has 1 unspecified atom stereocenters. The molecule has 0 aliphatic rings. The molecule has 0 spiro atoms. The summed E-state index contributed by atoms with van der Waals surface area (Å²) in [6.07, 6.45) is -1.10. The van der Waals surface area contributed by atoms with E-state index in [9.17, 15) is 22.4 Å². The van der Waals surface area contributed by atoms with Gasteiger partial charge in [-0.25, -0.2) is 21.9 Å². The molecule has 2 aromatic carbocycles. The summed E-state index contributed by atoms with van der Waals surface area (Å²) in [6.45, 7) is 1.55. The summed E-state index contributed by atoms with van der Waals surface area (Å²) in [6, 6.07) is 11.0. The van der Waals surface area contributed by atoms with Crippen molar-refractivity contribution in [1.29, 1.82) is 0 Å². The Morgan fingerprint density at radius 3 is 2.39 bits per heavy atom. The largest absolute Gasteiger partial charge is 0.449 e. The van der Waals surface area contributed by atoms with Crippen LogP contribution in [0.5, 0.6) is 0 Å². The van der Waals surface area contributed by atoms with Crippen molar-refractivity contribution in [2.75, 3.05) is 14.1 Å². The van der Waals surface area contributed by atoms with Gasteiger partial charge < -0.3 is 10.1 Å². The van der Waals surface area contributed by atoms with Crippen LogP contribution in [0.25, 0.3) is 0 Å². The zero-order valence-electron chi connectivity index (χ0n) is 15.7. The van der Waals surface area contributed by atoms with Crippen LogP contribution in [0.1, 0.15) is 22.8 Å². The van der Waals surface area contributed by atoms with Crippen molar-refractivity contribution in [3.63, 3.8) is 0 Å². The fraction of sp³-hybridized carbons (Fsp3) is 0.263. The van der Waals surface area contributed by atoms with Gasteiger partial charge in [0.1, 0.15) is 5.82 Å². The quantitative estimate of drug-likeness (QED) is 0.707. The Labute approximate surface area is 163 Å². The van der Waals surface area contributed by atoms with Gasteiger partial charge in [-0.05, 0) is 42.8 Å². The summed E-state index contributed by atoms with van der Waals surface area (Å²) in [7, 11) is -0.935. The number of halogens is 1. The molecule has 0 fully saturated rings. The summed E-state index contributed by atoms with van der Waals surface area (Å²) < 4.78 is 43.4. The van der Waals surface area contributed by atoms with E-state index in [0.717, 1.165) is 4.31 Å². The van der Waals surface area contributed by atoms with Crippen LogP contribution >= 0.6 is 0 Å². The maximum Gasteiger partial charge on any atom is 0.338 e. The lowest BCUT2D eigenvalue weighted by Crippen LogP contribution is -2.35. The molecule has 9 heteroatoms. The molecule has 0 aromatic heterocycles. The average molecular weight is 408 g/mol. The number of amides is 1. The third kappa shape index (κ3) is 5.37. The zero-order chi connectivity index (χ0) is 20.9. The summed E-state index contributed by atoms with van der Waals surface area (Å²) in [5.41, 5.74) is 0.705. The number of nitrogens with one attached hydrogen (secondary N) is 1. The first kappa shape index (κ1) is 21.5. The van der Waals surface area contributed by atoms with E-state index in [0.29, 0.717) is 5.56 Å². The maximum absolute atomic E-state index is 12.9. The van der Waals surface area contributed by atoms with Crippen LogP contribution in [-0.4, -0.2) is 44.8 Å². The van der Waals surface area contributed by atoms with Crippen LogP contribution in [0.3, 0.4) is 0 Å². The first-order chi connectivity index (χ1) is 13.1. The van der Waals surface area contributed by atoms with Gasteiger partial charge in [0, 0.05) is 20.6 Å². The number of sulfonamides is 1. The number of nitrogens with zero attached hydrogens (tertiary/aromatic N) is 1. The van der Waals surface area contributed by atoms with Crippen LogP contribution in [-0.2, 0) is 26.1 Å². The van der Waals surface area contributed by atoms with Gasteiger partial charge in [-0.1, -0.05) is 18.2 Å². The Morgan fingerprint density at radius 1 is 1.14 bits per heavy atom. The second-order valence-electron chi connectivity index (χ2n) is 6.21. The van der Waals surface area contributed by atoms with E-state index in [1.165, 1.54) is 69.6 Å². The minimum absolute atomic E-state index is 0.0149. The van der Waals surface area contributed by atoms with E-state index in [1.807, 2.05) is 0 Å². The third-order valence-corrected chi connectivity index (χ3v) is 5.69. The van der Waals surface area contributed by atoms with Gasteiger partial charge in [0.2, 0.25) is 10.0 Å². The van der Waals surface area contributed by atoms with Crippen LogP contribution in [0.15, 0.2) is 53.4 Å². The molecule has 2 aromatic rings. The highest BCUT2D eigenvalue weighted by Gasteiger charge is 2.22. The molecule has 1 amide bonds. The van der Waals surface area contributed by atoms with Crippen molar-refractivity contribution in [2.45, 2.75) is 24.5 Å². The Balaban J connectivity index is 1.99. The summed E-state index contributed by atoms with van der Waals surface area (Å²) >= 11 is 0. The van der Waals surface area contributed by atoms with Crippen molar-refractivity contribution in [1.82, 2.24) is 9.62 Å². The third-order valence-electron chi connectivity index (χ3n) is 3.88. The van der Waals surface area contributed by atoms with Crippen LogP contribution in [0, 0.1) is 5.82 Å². The first-order valence-corrected chi connectivity index (χ1v) is 9.81. The number of benzene rings is 2. The van der Waals surface area contributed by atoms with E-state index < -0.39 is 28.0 Å². The Bertz CT molecular complexity index is 959. The van der Waals surface area contributed by atoms with Crippen LogP contribution in [0.4, 0.5) is 4.39 Å². The second kappa shape index (κ2) is 8.94. The van der Waals surface area contributed by atoms with Crippen molar-refractivity contribution >= 4 is 21.9 Å². The normalized spacial score (nSPS) is 12.5. The molecule has 0 aliphatic heterocycles. The highest BCUT2D eigenvalue weighted by molar-refractivity contribution is 7.89. The molecular weight excluding hydrogens is 387 g/mol. The second-order valence-corrected chi connectivity index (χ2v) is 8.36. The predicted octanol–water partition coefficient (Wildman–Crippen LogP) is 1.94. The number of esters is 1. The summed E-state index contributed by atoms with van der Waals surface area (Å²) in [4.78, 5) is 24.3. The zero-order valence-corrected chi connectivity index (χ0v) is 16.5. The smallest absolute Gasteiger partial charge is 0.338 e. The fourth-order valence-corrected chi connectivity index (χ4v) is 3.16. The number of carbonyl (C=O) groups excluding carboxylic acids is 2. The lowest BCUT2D eigenvalue weighted by Gasteiger charge is -2.15. The SMILES string of the molecule is CC(OC(=O)c1cccc(S(=O)(=O)N(C)C)c1)C(=O)NCc1ccc(F)cc1. The lowest BCUT2D eigenvalue weighted by atomic mass is 10.2.